The summed E-state index contributed by atoms with van der Waals surface area (Å²) in [6.45, 7) is 0.915. The predicted octanol–water partition coefficient (Wildman–Crippen LogP) is 4.19. The molecule has 0 aliphatic rings. The lowest BCUT2D eigenvalue weighted by Gasteiger charge is -2.13. The number of anilines is 1. The summed E-state index contributed by atoms with van der Waals surface area (Å²) in [7, 11) is 5.74. The molecule has 0 fully saturated rings. The van der Waals surface area contributed by atoms with Crippen LogP contribution in [0.4, 0.5) is 5.69 Å². The number of methoxy groups -OCH3 is 1. The van der Waals surface area contributed by atoms with E-state index < -0.39 is 0 Å². The summed E-state index contributed by atoms with van der Waals surface area (Å²) in [5.41, 5.74) is 3.92. The van der Waals surface area contributed by atoms with Crippen molar-refractivity contribution < 1.29 is 19.1 Å². The summed E-state index contributed by atoms with van der Waals surface area (Å²) in [4.78, 5) is 14.9. The van der Waals surface area contributed by atoms with Crippen molar-refractivity contribution in [3.8, 4) is 17.1 Å². The van der Waals surface area contributed by atoms with Crippen LogP contribution in [-0.4, -0.2) is 43.7 Å². The zero-order chi connectivity index (χ0) is 21.5. The van der Waals surface area contributed by atoms with Gasteiger partial charge < -0.3 is 24.5 Å². The van der Waals surface area contributed by atoms with Gasteiger partial charge in [0.2, 0.25) is 0 Å². The molecule has 3 aromatic rings. The topological polar surface area (TPSA) is 74.9 Å². The van der Waals surface area contributed by atoms with Crippen LogP contribution < -0.4 is 10.1 Å². The van der Waals surface area contributed by atoms with E-state index in [1.54, 1.807) is 19.2 Å². The van der Waals surface area contributed by atoms with E-state index in [1.807, 2.05) is 50.5 Å². The first-order valence-electron chi connectivity index (χ1n) is 9.92. The Balaban J connectivity index is 1.69. The highest BCUT2D eigenvalue weighted by Gasteiger charge is 2.11. The van der Waals surface area contributed by atoms with Crippen LogP contribution in [-0.2, 0) is 13.0 Å². The summed E-state index contributed by atoms with van der Waals surface area (Å²) in [6, 6.07) is 14.7. The van der Waals surface area contributed by atoms with Crippen LogP contribution in [0.25, 0.3) is 11.3 Å². The molecule has 6 nitrogen and oxygen atoms in total. The van der Waals surface area contributed by atoms with Crippen LogP contribution in [0.1, 0.15) is 27.9 Å². The highest BCUT2D eigenvalue weighted by Crippen LogP contribution is 2.25. The molecule has 158 valence electrons. The van der Waals surface area contributed by atoms with Gasteiger partial charge in [-0.25, -0.2) is 0 Å². The molecule has 2 aromatic carbocycles. The average molecular weight is 408 g/mol. The fourth-order valence-electron chi connectivity index (χ4n) is 3.23. The Morgan fingerprint density at radius 3 is 2.53 bits per heavy atom. The first-order valence-corrected chi connectivity index (χ1v) is 9.92. The Morgan fingerprint density at radius 2 is 1.90 bits per heavy atom. The fourth-order valence-corrected chi connectivity index (χ4v) is 3.23. The molecule has 6 heteroatoms. The van der Waals surface area contributed by atoms with Gasteiger partial charge >= 0.3 is 0 Å². The molecular weight excluding hydrogens is 380 g/mol. The van der Waals surface area contributed by atoms with Crippen molar-refractivity contribution in [3.05, 3.63) is 71.5 Å². The molecule has 0 aliphatic carbocycles. The molecule has 0 atom stereocenters. The van der Waals surface area contributed by atoms with Gasteiger partial charge in [-0.05, 0) is 87.6 Å². The van der Waals surface area contributed by atoms with Gasteiger partial charge in [-0.15, -0.1) is 0 Å². The molecule has 0 radical (unpaired) electrons. The molecule has 2 N–H and O–H groups in total. The van der Waals surface area contributed by atoms with Crippen molar-refractivity contribution in [2.45, 2.75) is 19.4 Å². The first kappa shape index (κ1) is 21.6. The molecule has 0 saturated carbocycles. The number of nitrogens with zero attached hydrogens (tertiary/aromatic N) is 1. The zero-order valence-corrected chi connectivity index (χ0v) is 17.6. The fraction of sp³-hybridized carbons (Fsp3) is 0.292. The Labute approximate surface area is 177 Å². The van der Waals surface area contributed by atoms with E-state index in [1.165, 1.54) is 6.26 Å². The lowest BCUT2D eigenvalue weighted by atomic mass is 10.0. The third-order valence-corrected chi connectivity index (χ3v) is 4.86. The van der Waals surface area contributed by atoms with Gasteiger partial charge in [-0.1, -0.05) is 0 Å². The predicted molar refractivity (Wildman–Crippen MR) is 118 cm³/mol. The summed E-state index contributed by atoms with van der Waals surface area (Å²) >= 11 is 0. The largest absolute Gasteiger partial charge is 0.496 e. The molecule has 1 heterocycles. The third-order valence-electron chi connectivity index (χ3n) is 4.86. The number of carbonyl (C=O) groups is 1. The number of benzene rings is 2. The number of aliphatic hydroxyl groups excluding tert-OH is 1. The molecule has 1 amide bonds. The molecule has 1 aromatic heterocycles. The minimum atomic E-state index is -0.167. The number of hydrogen-bond donors (Lipinski definition) is 2. The minimum Gasteiger partial charge on any atom is -0.496 e. The second kappa shape index (κ2) is 10.1. The number of aryl methyl sites for hydroxylation is 1. The third kappa shape index (κ3) is 5.49. The summed E-state index contributed by atoms with van der Waals surface area (Å²) < 4.78 is 10.9. The Morgan fingerprint density at radius 1 is 1.13 bits per heavy atom. The van der Waals surface area contributed by atoms with Gasteiger partial charge in [-0.3, -0.25) is 4.79 Å². The Hall–Kier alpha value is -3.09. The van der Waals surface area contributed by atoms with Crippen molar-refractivity contribution in [2.24, 2.45) is 0 Å². The number of ether oxygens (including phenoxy) is 1. The molecule has 0 unspecified atom stereocenters. The second-order valence-corrected chi connectivity index (χ2v) is 7.44. The SMILES string of the molecule is COc1ccc(C(=O)Nc2ccc(-c3cc(CO)co3)cc2)cc1CCCN(C)C. The number of rotatable bonds is 9. The lowest BCUT2D eigenvalue weighted by Crippen LogP contribution is -2.14. The first-order chi connectivity index (χ1) is 14.5. The smallest absolute Gasteiger partial charge is 0.255 e. The van der Waals surface area contributed by atoms with Crippen LogP contribution in [0, 0.1) is 0 Å². The van der Waals surface area contributed by atoms with Gasteiger partial charge in [0.15, 0.2) is 0 Å². The molecule has 3 rings (SSSR count). The van der Waals surface area contributed by atoms with E-state index in [-0.39, 0.29) is 12.5 Å². The van der Waals surface area contributed by atoms with Gasteiger partial charge in [0.1, 0.15) is 11.5 Å². The van der Waals surface area contributed by atoms with Crippen LogP contribution in [0.2, 0.25) is 0 Å². The van der Waals surface area contributed by atoms with Crippen LogP contribution in [0.3, 0.4) is 0 Å². The van der Waals surface area contributed by atoms with Gasteiger partial charge in [0.05, 0.1) is 20.0 Å². The maximum atomic E-state index is 12.7. The maximum Gasteiger partial charge on any atom is 0.255 e. The van der Waals surface area contributed by atoms with Crippen molar-refractivity contribution in [1.82, 2.24) is 4.90 Å². The second-order valence-electron chi connectivity index (χ2n) is 7.44. The van der Waals surface area contributed by atoms with Gasteiger partial charge in [0, 0.05) is 22.4 Å². The van der Waals surface area contributed by atoms with E-state index in [0.717, 1.165) is 41.8 Å². The number of nitrogens with one attached hydrogen (secondary N) is 1. The number of aliphatic hydroxyl groups is 1. The Kier molecular flexibility index (Phi) is 7.27. The quantitative estimate of drug-likeness (QED) is 0.555. The van der Waals surface area contributed by atoms with Crippen molar-refractivity contribution in [1.29, 1.82) is 0 Å². The van der Waals surface area contributed by atoms with E-state index in [0.29, 0.717) is 17.0 Å². The molecule has 0 bridgehead atoms. The summed E-state index contributed by atoms with van der Waals surface area (Å²) in [5.74, 6) is 1.31. The summed E-state index contributed by atoms with van der Waals surface area (Å²) in [6.07, 6.45) is 3.36. The number of furan rings is 1. The zero-order valence-electron chi connectivity index (χ0n) is 17.6. The minimum absolute atomic E-state index is 0.0589. The van der Waals surface area contributed by atoms with Crippen LogP contribution >= 0.6 is 0 Å². The van der Waals surface area contributed by atoms with E-state index in [9.17, 15) is 4.79 Å². The lowest BCUT2D eigenvalue weighted by molar-refractivity contribution is 0.102. The number of hydrogen-bond acceptors (Lipinski definition) is 5. The van der Waals surface area contributed by atoms with Crippen molar-refractivity contribution >= 4 is 11.6 Å². The monoisotopic (exact) mass is 408 g/mol. The molecule has 0 spiro atoms. The molecule has 30 heavy (non-hydrogen) atoms. The highest BCUT2D eigenvalue weighted by atomic mass is 16.5. The highest BCUT2D eigenvalue weighted by molar-refractivity contribution is 6.04. The molecule has 0 saturated heterocycles. The van der Waals surface area contributed by atoms with E-state index in [2.05, 4.69) is 10.2 Å². The summed E-state index contributed by atoms with van der Waals surface area (Å²) in [5, 5.41) is 12.1. The average Bonchev–Trinajstić information content (AvgIpc) is 3.23. The van der Waals surface area contributed by atoms with Crippen LogP contribution in [0.15, 0.2) is 59.2 Å². The van der Waals surface area contributed by atoms with E-state index in [4.69, 9.17) is 14.3 Å². The van der Waals surface area contributed by atoms with E-state index >= 15 is 0 Å². The van der Waals surface area contributed by atoms with Gasteiger partial charge in [-0.2, -0.15) is 0 Å². The molecule has 0 aliphatic heterocycles. The maximum absolute atomic E-state index is 12.7. The number of carbonyl (C=O) groups excluding carboxylic acids is 1. The normalized spacial score (nSPS) is 11.0. The Bertz CT molecular complexity index is 977. The molecular formula is C24H28N2O4. The van der Waals surface area contributed by atoms with Crippen LogP contribution in [0.5, 0.6) is 5.75 Å². The standard InChI is InChI=1S/C24H28N2O4/c1-26(2)12-4-5-19-14-20(8-11-22(19)29-3)24(28)25-21-9-6-18(7-10-21)23-13-17(15-27)16-30-23/h6-11,13-14,16,27H,4-5,12,15H2,1-3H3,(H,25,28). The number of amides is 1. The van der Waals surface area contributed by atoms with Crippen molar-refractivity contribution in [3.63, 3.8) is 0 Å². The van der Waals surface area contributed by atoms with Crippen molar-refractivity contribution in [2.75, 3.05) is 33.1 Å². The van der Waals surface area contributed by atoms with Gasteiger partial charge in [0.25, 0.3) is 5.91 Å².